The topological polar surface area (TPSA) is 69.4 Å². The molecule has 0 bridgehead atoms. The van der Waals surface area contributed by atoms with Gasteiger partial charge in [-0.15, -0.1) is 0 Å². The number of amides is 1. The number of benzene rings is 1. The summed E-state index contributed by atoms with van der Waals surface area (Å²) in [5.41, 5.74) is -0.922. The lowest BCUT2D eigenvalue weighted by Crippen LogP contribution is -2.47. The number of fused-ring (bicyclic) bond motifs is 1. The third kappa shape index (κ3) is 4.29. The Morgan fingerprint density at radius 1 is 1.08 bits per heavy atom. The van der Waals surface area contributed by atoms with Crippen molar-refractivity contribution >= 4 is 5.91 Å². The summed E-state index contributed by atoms with van der Waals surface area (Å²) in [4.78, 5) is 31.7. The van der Waals surface area contributed by atoms with Crippen LogP contribution in [0.2, 0.25) is 0 Å². The fourth-order valence-electron chi connectivity index (χ4n) is 4.76. The Hall–Kier alpha value is -3.54. The molecule has 3 aromatic rings. The van der Waals surface area contributed by atoms with E-state index in [0.29, 0.717) is 30.7 Å². The molecule has 7 nitrogen and oxygen atoms in total. The van der Waals surface area contributed by atoms with Crippen LogP contribution >= 0.6 is 0 Å². The third-order valence-corrected chi connectivity index (χ3v) is 6.50. The molecule has 1 saturated heterocycles. The van der Waals surface area contributed by atoms with Gasteiger partial charge in [-0.2, -0.15) is 13.2 Å². The highest BCUT2D eigenvalue weighted by molar-refractivity contribution is 5.93. The molecule has 190 valence electrons. The highest BCUT2D eigenvalue weighted by atomic mass is 19.4. The molecule has 2 atom stereocenters. The number of rotatable bonds is 4. The molecule has 2 aliphatic rings. The summed E-state index contributed by atoms with van der Waals surface area (Å²) < 4.78 is 75.4. The number of imidazole rings is 1. The molecular formula is C24H21F5N4O3. The van der Waals surface area contributed by atoms with E-state index in [1.165, 1.54) is 15.8 Å². The van der Waals surface area contributed by atoms with Crippen LogP contribution in [-0.2, 0) is 17.5 Å². The van der Waals surface area contributed by atoms with Gasteiger partial charge in [0.15, 0.2) is 0 Å². The number of halogens is 5. The number of alkyl halides is 3. The first-order valence-electron chi connectivity index (χ1n) is 11.3. The van der Waals surface area contributed by atoms with Crippen LogP contribution in [0.25, 0.3) is 5.69 Å². The van der Waals surface area contributed by atoms with Gasteiger partial charge in [0.25, 0.3) is 11.5 Å². The van der Waals surface area contributed by atoms with E-state index in [1.54, 1.807) is 29.8 Å². The maximum Gasteiger partial charge on any atom is 0.422 e. The van der Waals surface area contributed by atoms with Gasteiger partial charge in [0, 0.05) is 25.8 Å². The van der Waals surface area contributed by atoms with Crippen molar-refractivity contribution < 1.29 is 31.5 Å². The molecule has 1 amide bonds. The lowest BCUT2D eigenvalue weighted by Gasteiger charge is -2.31. The highest BCUT2D eigenvalue weighted by Crippen LogP contribution is 2.38. The van der Waals surface area contributed by atoms with Crippen LogP contribution in [-0.4, -0.2) is 44.1 Å². The summed E-state index contributed by atoms with van der Waals surface area (Å²) in [7, 11) is 0. The van der Waals surface area contributed by atoms with E-state index in [9.17, 15) is 31.5 Å². The number of hydrogen-bond acceptors (Lipinski definition) is 4. The third-order valence-electron chi connectivity index (χ3n) is 6.50. The van der Waals surface area contributed by atoms with Crippen LogP contribution in [0.15, 0.2) is 41.6 Å². The van der Waals surface area contributed by atoms with Gasteiger partial charge < -0.3 is 18.8 Å². The molecule has 0 N–H and O–H groups in total. The maximum absolute atomic E-state index is 14.0. The standard InChI is InChI=1S/C24H21F5N4O3/c1-13-10-32(12-30-13)18-3-4-19-22(34)31(6-7-33(19)23(18)35)11-15-2-5-20(36-15)14-8-16(25)21(17(26)9-14)24(27,28)29/h3-4,8-10,12,15,20H,2,5-7,11H2,1H3. The van der Waals surface area contributed by atoms with Crippen LogP contribution < -0.4 is 5.56 Å². The zero-order chi connectivity index (χ0) is 25.8. The zero-order valence-corrected chi connectivity index (χ0v) is 19.1. The van der Waals surface area contributed by atoms with Crippen LogP contribution in [0, 0.1) is 18.6 Å². The maximum atomic E-state index is 14.0. The number of hydrogen-bond donors (Lipinski definition) is 0. The Kier molecular flexibility index (Phi) is 5.93. The molecule has 12 heteroatoms. The average molecular weight is 508 g/mol. The van der Waals surface area contributed by atoms with E-state index in [1.807, 2.05) is 0 Å². The molecule has 0 radical (unpaired) electrons. The Morgan fingerprint density at radius 3 is 2.44 bits per heavy atom. The first-order valence-corrected chi connectivity index (χ1v) is 11.3. The number of aryl methyl sites for hydroxylation is 1. The summed E-state index contributed by atoms with van der Waals surface area (Å²) in [6.07, 6.45) is -2.39. The number of ether oxygens (including phenoxy) is 1. The Balaban J connectivity index is 1.29. The molecule has 0 spiro atoms. The molecule has 1 aromatic carbocycles. The number of pyridine rings is 1. The van der Waals surface area contributed by atoms with E-state index >= 15 is 0 Å². The quantitative estimate of drug-likeness (QED) is 0.500. The Labute approximate surface area is 201 Å². The zero-order valence-electron chi connectivity index (χ0n) is 19.1. The van der Waals surface area contributed by atoms with E-state index in [0.717, 1.165) is 5.69 Å². The fourth-order valence-corrected chi connectivity index (χ4v) is 4.76. The smallest absolute Gasteiger partial charge is 0.368 e. The van der Waals surface area contributed by atoms with Crippen LogP contribution in [0.3, 0.4) is 0 Å². The average Bonchev–Trinajstić information content (AvgIpc) is 3.44. The van der Waals surface area contributed by atoms with E-state index in [-0.39, 0.29) is 42.4 Å². The summed E-state index contributed by atoms with van der Waals surface area (Å²) in [5, 5.41) is 0. The molecule has 0 saturated carbocycles. The first-order chi connectivity index (χ1) is 17.0. The van der Waals surface area contributed by atoms with Crippen molar-refractivity contribution in [1.29, 1.82) is 0 Å². The fraction of sp³-hybridized carbons (Fsp3) is 0.375. The molecule has 36 heavy (non-hydrogen) atoms. The minimum Gasteiger partial charge on any atom is -0.368 e. The van der Waals surface area contributed by atoms with Gasteiger partial charge in [-0.3, -0.25) is 9.59 Å². The highest BCUT2D eigenvalue weighted by Gasteiger charge is 2.39. The summed E-state index contributed by atoms with van der Waals surface area (Å²) >= 11 is 0. The summed E-state index contributed by atoms with van der Waals surface area (Å²) in [5.74, 6) is -3.74. The minimum absolute atomic E-state index is 0.0235. The van der Waals surface area contributed by atoms with Crippen molar-refractivity contribution in [1.82, 2.24) is 19.0 Å². The Bertz CT molecular complexity index is 1370. The molecule has 4 heterocycles. The molecule has 1 fully saturated rings. The molecule has 2 aromatic heterocycles. The normalized spacial score (nSPS) is 20.2. The van der Waals surface area contributed by atoms with Crippen molar-refractivity contribution in [2.24, 2.45) is 0 Å². The van der Waals surface area contributed by atoms with Gasteiger partial charge in [-0.1, -0.05) is 0 Å². The van der Waals surface area contributed by atoms with E-state index < -0.39 is 35.6 Å². The van der Waals surface area contributed by atoms with E-state index in [2.05, 4.69) is 4.98 Å². The van der Waals surface area contributed by atoms with Gasteiger partial charge in [0.1, 0.15) is 28.6 Å². The van der Waals surface area contributed by atoms with Crippen LogP contribution in [0.5, 0.6) is 0 Å². The predicted molar refractivity (Wildman–Crippen MR) is 117 cm³/mol. The summed E-state index contributed by atoms with van der Waals surface area (Å²) in [6.45, 7) is 2.50. The lowest BCUT2D eigenvalue weighted by atomic mass is 10.0. The number of aromatic nitrogens is 3. The number of nitrogens with zero attached hydrogens (tertiary/aromatic N) is 4. The minimum atomic E-state index is -5.14. The molecule has 5 rings (SSSR count). The monoisotopic (exact) mass is 508 g/mol. The molecule has 2 unspecified atom stereocenters. The van der Waals surface area contributed by atoms with Gasteiger partial charge in [-0.25, -0.2) is 13.8 Å². The van der Waals surface area contributed by atoms with Crippen molar-refractivity contribution in [2.75, 3.05) is 13.1 Å². The van der Waals surface area contributed by atoms with Crippen LogP contribution in [0.4, 0.5) is 22.0 Å². The SMILES string of the molecule is Cc1cn(-c2ccc3n(c2=O)CCN(CC2CCC(c4cc(F)c(C(F)(F)F)c(F)c4)O2)C3=O)cn1. The van der Waals surface area contributed by atoms with Crippen molar-refractivity contribution in [2.45, 2.75) is 44.7 Å². The van der Waals surface area contributed by atoms with Crippen molar-refractivity contribution in [3.63, 3.8) is 0 Å². The van der Waals surface area contributed by atoms with Crippen LogP contribution in [0.1, 0.15) is 46.3 Å². The van der Waals surface area contributed by atoms with Gasteiger partial charge in [0.05, 0.1) is 24.2 Å². The van der Waals surface area contributed by atoms with Crippen molar-refractivity contribution in [3.8, 4) is 5.69 Å². The van der Waals surface area contributed by atoms with Gasteiger partial charge >= 0.3 is 6.18 Å². The second kappa shape index (κ2) is 8.84. The second-order valence-corrected chi connectivity index (χ2v) is 8.92. The molecular weight excluding hydrogens is 487 g/mol. The molecule has 0 aliphatic carbocycles. The second-order valence-electron chi connectivity index (χ2n) is 8.92. The summed E-state index contributed by atoms with van der Waals surface area (Å²) in [6, 6.07) is 4.43. The van der Waals surface area contributed by atoms with Gasteiger partial charge in [-0.05, 0) is 49.6 Å². The van der Waals surface area contributed by atoms with Crippen molar-refractivity contribution in [3.05, 3.63) is 81.3 Å². The number of carbonyl (C=O) groups is 1. The number of carbonyl (C=O) groups excluding carboxylic acids is 1. The predicted octanol–water partition coefficient (Wildman–Crippen LogP) is 4.02. The molecule has 2 aliphatic heterocycles. The lowest BCUT2D eigenvalue weighted by molar-refractivity contribution is -0.142. The van der Waals surface area contributed by atoms with E-state index in [4.69, 9.17) is 4.74 Å². The largest absolute Gasteiger partial charge is 0.422 e. The Morgan fingerprint density at radius 2 is 1.81 bits per heavy atom. The van der Waals surface area contributed by atoms with Gasteiger partial charge in [0.2, 0.25) is 0 Å². The first kappa shape index (κ1) is 24.2.